The molecule has 0 saturated carbocycles. The predicted molar refractivity (Wildman–Crippen MR) is 76.3 cm³/mol. The lowest BCUT2D eigenvalue weighted by Crippen LogP contribution is -2.03. The summed E-state index contributed by atoms with van der Waals surface area (Å²) in [6.45, 7) is 2.87. The molecule has 1 N–H and O–H groups in total. The molecule has 0 aliphatic rings. The molecule has 1 heterocycles. The minimum absolute atomic E-state index is 0.722. The lowest BCUT2D eigenvalue weighted by molar-refractivity contribution is 0.414. The van der Waals surface area contributed by atoms with Gasteiger partial charge in [-0.3, -0.25) is 0 Å². The number of benzene rings is 1. The molecule has 2 aromatic rings. The van der Waals surface area contributed by atoms with Gasteiger partial charge in [0, 0.05) is 18.3 Å². The average Bonchev–Trinajstić information content (AvgIpc) is 2.46. The minimum Gasteiger partial charge on any atom is -0.497 e. The summed E-state index contributed by atoms with van der Waals surface area (Å²) in [5.74, 6) is 1.73. The standard InChI is InChI=1S/C15H19N3O/c1-3-5-13-9-15(18-11-17-13)16-10-12-6-4-7-14(8-12)19-2/h4,6-9,11H,3,5,10H2,1-2H3,(H,16,17,18). The zero-order valence-corrected chi connectivity index (χ0v) is 11.4. The summed E-state index contributed by atoms with van der Waals surface area (Å²) in [6, 6.07) is 10.0. The van der Waals surface area contributed by atoms with Crippen molar-refractivity contribution in [3.63, 3.8) is 0 Å². The summed E-state index contributed by atoms with van der Waals surface area (Å²) >= 11 is 0. The van der Waals surface area contributed by atoms with Crippen molar-refractivity contribution in [2.24, 2.45) is 0 Å². The highest BCUT2D eigenvalue weighted by Gasteiger charge is 1.99. The molecule has 0 spiro atoms. The van der Waals surface area contributed by atoms with E-state index in [9.17, 15) is 0 Å². The summed E-state index contributed by atoms with van der Waals surface area (Å²) in [5, 5.41) is 3.30. The van der Waals surface area contributed by atoms with Crippen LogP contribution >= 0.6 is 0 Å². The van der Waals surface area contributed by atoms with Crippen LogP contribution in [0.3, 0.4) is 0 Å². The topological polar surface area (TPSA) is 47.0 Å². The first-order valence-electron chi connectivity index (χ1n) is 6.49. The molecule has 4 heteroatoms. The Morgan fingerprint density at radius 1 is 1.21 bits per heavy atom. The zero-order chi connectivity index (χ0) is 13.5. The monoisotopic (exact) mass is 257 g/mol. The molecular weight excluding hydrogens is 238 g/mol. The Balaban J connectivity index is 1.99. The summed E-state index contributed by atoms with van der Waals surface area (Å²) in [6.07, 6.45) is 3.68. The second kappa shape index (κ2) is 6.73. The lowest BCUT2D eigenvalue weighted by atomic mass is 10.2. The first-order valence-corrected chi connectivity index (χ1v) is 6.49. The van der Waals surface area contributed by atoms with Gasteiger partial charge in [0.25, 0.3) is 0 Å². The van der Waals surface area contributed by atoms with Crippen LogP contribution in [-0.4, -0.2) is 17.1 Å². The zero-order valence-electron chi connectivity index (χ0n) is 11.4. The van der Waals surface area contributed by atoms with E-state index in [0.717, 1.165) is 42.2 Å². The number of nitrogens with one attached hydrogen (secondary N) is 1. The number of aryl methyl sites for hydroxylation is 1. The largest absolute Gasteiger partial charge is 0.497 e. The van der Waals surface area contributed by atoms with Crippen LogP contribution in [0.2, 0.25) is 0 Å². The van der Waals surface area contributed by atoms with E-state index in [1.54, 1.807) is 13.4 Å². The molecule has 0 fully saturated rings. The molecule has 2 rings (SSSR count). The summed E-state index contributed by atoms with van der Waals surface area (Å²) < 4.78 is 5.20. The van der Waals surface area contributed by atoms with E-state index < -0.39 is 0 Å². The SMILES string of the molecule is CCCc1cc(NCc2cccc(OC)c2)ncn1. The van der Waals surface area contributed by atoms with Crippen LogP contribution < -0.4 is 10.1 Å². The van der Waals surface area contributed by atoms with Gasteiger partial charge < -0.3 is 10.1 Å². The van der Waals surface area contributed by atoms with Gasteiger partial charge in [0.05, 0.1) is 7.11 Å². The van der Waals surface area contributed by atoms with Gasteiger partial charge in [-0.1, -0.05) is 25.5 Å². The maximum atomic E-state index is 5.20. The third-order valence-corrected chi connectivity index (χ3v) is 2.84. The molecule has 1 aromatic carbocycles. The fourth-order valence-electron chi connectivity index (χ4n) is 1.86. The van der Waals surface area contributed by atoms with Gasteiger partial charge in [0.15, 0.2) is 0 Å². The van der Waals surface area contributed by atoms with Crippen molar-refractivity contribution in [2.75, 3.05) is 12.4 Å². The molecule has 0 saturated heterocycles. The quantitative estimate of drug-likeness (QED) is 0.864. The molecule has 4 nitrogen and oxygen atoms in total. The van der Waals surface area contributed by atoms with E-state index in [4.69, 9.17) is 4.74 Å². The van der Waals surface area contributed by atoms with E-state index in [2.05, 4.69) is 28.3 Å². The van der Waals surface area contributed by atoms with Crippen molar-refractivity contribution in [3.05, 3.63) is 47.9 Å². The Morgan fingerprint density at radius 3 is 2.89 bits per heavy atom. The molecule has 0 atom stereocenters. The Morgan fingerprint density at radius 2 is 2.11 bits per heavy atom. The highest BCUT2D eigenvalue weighted by atomic mass is 16.5. The van der Waals surface area contributed by atoms with Crippen LogP contribution in [0.5, 0.6) is 5.75 Å². The number of hydrogen-bond acceptors (Lipinski definition) is 4. The Hall–Kier alpha value is -2.10. The third kappa shape index (κ3) is 3.95. The van der Waals surface area contributed by atoms with Crippen molar-refractivity contribution < 1.29 is 4.74 Å². The number of hydrogen-bond donors (Lipinski definition) is 1. The fraction of sp³-hybridized carbons (Fsp3) is 0.333. The van der Waals surface area contributed by atoms with Crippen LogP contribution in [-0.2, 0) is 13.0 Å². The number of methoxy groups -OCH3 is 1. The maximum absolute atomic E-state index is 5.20. The van der Waals surface area contributed by atoms with Gasteiger partial charge >= 0.3 is 0 Å². The van der Waals surface area contributed by atoms with Crippen LogP contribution in [0.25, 0.3) is 0 Å². The fourth-order valence-corrected chi connectivity index (χ4v) is 1.86. The number of ether oxygens (including phenoxy) is 1. The molecule has 0 aliphatic carbocycles. The lowest BCUT2D eigenvalue weighted by Gasteiger charge is -2.08. The second-order valence-electron chi connectivity index (χ2n) is 4.35. The number of anilines is 1. The number of nitrogens with zero attached hydrogens (tertiary/aromatic N) is 2. The molecule has 0 amide bonds. The highest BCUT2D eigenvalue weighted by molar-refractivity contribution is 5.37. The van der Waals surface area contributed by atoms with Gasteiger partial charge in [-0.15, -0.1) is 0 Å². The minimum atomic E-state index is 0.722. The van der Waals surface area contributed by atoms with Gasteiger partial charge in [0.2, 0.25) is 0 Å². The predicted octanol–water partition coefficient (Wildman–Crippen LogP) is 3.05. The van der Waals surface area contributed by atoms with Gasteiger partial charge in [0.1, 0.15) is 17.9 Å². The Labute approximate surface area is 113 Å². The maximum Gasteiger partial charge on any atom is 0.129 e. The van der Waals surface area contributed by atoms with Crippen LogP contribution in [0.15, 0.2) is 36.7 Å². The van der Waals surface area contributed by atoms with Gasteiger partial charge in [-0.05, 0) is 24.1 Å². The number of rotatable bonds is 6. The summed E-state index contributed by atoms with van der Waals surface area (Å²) in [7, 11) is 1.67. The van der Waals surface area contributed by atoms with E-state index in [1.807, 2.05) is 24.3 Å². The van der Waals surface area contributed by atoms with Crippen LogP contribution in [0.1, 0.15) is 24.6 Å². The van der Waals surface area contributed by atoms with E-state index in [-0.39, 0.29) is 0 Å². The molecule has 0 aliphatic heterocycles. The van der Waals surface area contributed by atoms with Crippen molar-refractivity contribution in [3.8, 4) is 5.75 Å². The second-order valence-corrected chi connectivity index (χ2v) is 4.35. The van der Waals surface area contributed by atoms with Crippen molar-refractivity contribution in [1.82, 2.24) is 9.97 Å². The molecule has 100 valence electrons. The summed E-state index contributed by atoms with van der Waals surface area (Å²) in [5.41, 5.74) is 2.24. The first kappa shape index (κ1) is 13.3. The smallest absolute Gasteiger partial charge is 0.129 e. The van der Waals surface area contributed by atoms with Crippen LogP contribution in [0.4, 0.5) is 5.82 Å². The van der Waals surface area contributed by atoms with Gasteiger partial charge in [-0.25, -0.2) is 9.97 Å². The first-order chi connectivity index (χ1) is 9.31. The molecule has 0 radical (unpaired) electrons. The summed E-state index contributed by atoms with van der Waals surface area (Å²) in [4.78, 5) is 8.47. The third-order valence-electron chi connectivity index (χ3n) is 2.84. The van der Waals surface area contributed by atoms with Gasteiger partial charge in [-0.2, -0.15) is 0 Å². The van der Waals surface area contributed by atoms with Crippen molar-refractivity contribution in [1.29, 1.82) is 0 Å². The van der Waals surface area contributed by atoms with Crippen LogP contribution in [0, 0.1) is 0 Å². The van der Waals surface area contributed by atoms with E-state index in [0.29, 0.717) is 0 Å². The number of aromatic nitrogens is 2. The molecular formula is C15H19N3O. The Bertz CT molecular complexity index is 528. The molecule has 1 aromatic heterocycles. The van der Waals surface area contributed by atoms with E-state index in [1.165, 1.54) is 0 Å². The Kier molecular flexibility index (Phi) is 4.72. The van der Waals surface area contributed by atoms with Crippen molar-refractivity contribution in [2.45, 2.75) is 26.3 Å². The van der Waals surface area contributed by atoms with Crippen molar-refractivity contribution >= 4 is 5.82 Å². The highest BCUT2D eigenvalue weighted by Crippen LogP contribution is 2.14. The molecule has 19 heavy (non-hydrogen) atoms. The normalized spacial score (nSPS) is 10.2. The van der Waals surface area contributed by atoms with E-state index >= 15 is 0 Å². The average molecular weight is 257 g/mol. The molecule has 0 unspecified atom stereocenters. The molecule has 0 bridgehead atoms.